The van der Waals surface area contributed by atoms with E-state index in [1.165, 1.54) is 23.9 Å². The van der Waals surface area contributed by atoms with Gasteiger partial charge in [-0.2, -0.15) is 5.10 Å². The Morgan fingerprint density at radius 2 is 1.84 bits per heavy atom. The first kappa shape index (κ1) is 17.1. The third kappa shape index (κ3) is 3.55. The molecule has 1 aliphatic rings. The van der Waals surface area contributed by atoms with Crippen LogP contribution in [0.1, 0.15) is 42.6 Å². The number of halogens is 1. The van der Waals surface area contributed by atoms with Gasteiger partial charge in [0.2, 0.25) is 0 Å². The molecule has 0 unspecified atom stereocenters. The molecule has 0 radical (unpaired) electrons. The van der Waals surface area contributed by atoms with Crippen LogP contribution in [0.5, 0.6) is 0 Å². The van der Waals surface area contributed by atoms with Gasteiger partial charge in [0.25, 0.3) is 5.91 Å². The molecular weight excluding hydrogens is 325 g/mol. The molecule has 1 saturated carbocycles. The van der Waals surface area contributed by atoms with Gasteiger partial charge in [-0.1, -0.05) is 19.3 Å². The third-order valence-corrected chi connectivity index (χ3v) is 4.55. The van der Waals surface area contributed by atoms with E-state index in [1.54, 1.807) is 24.4 Å². The van der Waals surface area contributed by atoms with E-state index in [4.69, 9.17) is 4.74 Å². The van der Waals surface area contributed by atoms with Crippen LogP contribution >= 0.6 is 0 Å². The Morgan fingerprint density at radius 1 is 1.16 bits per heavy atom. The number of esters is 1. The highest BCUT2D eigenvalue weighted by Crippen LogP contribution is 2.29. The Kier molecular flexibility index (Phi) is 4.83. The molecule has 7 heteroatoms. The van der Waals surface area contributed by atoms with Crippen LogP contribution in [0.2, 0.25) is 0 Å². The largest absolute Gasteiger partial charge is 0.467 e. The first-order chi connectivity index (χ1) is 12.0. The van der Waals surface area contributed by atoms with E-state index < -0.39 is 17.4 Å². The zero-order chi connectivity index (χ0) is 17.9. The lowest BCUT2D eigenvalue weighted by molar-refractivity contribution is -0.149. The summed E-state index contributed by atoms with van der Waals surface area (Å²) in [7, 11) is 1.33. The molecule has 0 bridgehead atoms. The average molecular weight is 345 g/mol. The molecule has 1 aromatic heterocycles. The summed E-state index contributed by atoms with van der Waals surface area (Å²) in [6.45, 7) is 0. The van der Waals surface area contributed by atoms with Crippen LogP contribution in [0.4, 0.5) is 4.39 Å². The van der Waals surface area contributed by atoms with Crippen molar-refractivity contribution in [2.75, 3.05) is 7.11 Å². The summed E-state index contributed by atoms with van der Waals surface area (Å²) < 4.78 is 19.4. The molecule has 1 aromatic carbocycles. The molecule has 2 aromatic rings. The lowest BCUT2D eigenvalue weighted by atomic mass is 9.81. The van der Waals surface area contributed by atoms with Crippen molar-refractivity contribution in [2.24, 2.45) is 0 Å². The lowest BCUT2D eigenvalue weighted by Gasteiger charge is -2.34. The molecule has 25 heavy (non-hydrogen) atoms. The zero-order valence-corrected chi connectivity index (χ0v) is 14.0. The summed E-state index contributed by atoms with van der Waals surface area (Å²) in [5.41, 5.74) is -0.150. The van der Waals surface area contributed by atoms with Crippen LogP contribution in [0.15, 0.2) is 36.5 Å². The van der Waals surface area contributed by atoms with Crippen molar-refractivity contribution in [1.82, 2.24) is 15.1 Å². The van der Waals surface area contributed by atoms with E-state index in [0.29, 0.717) is 18.5 Å². The van der Waals surface area contributed by atoms with Gasteiger partial charge in [-0.05, 0) is 43.2 Å². The van der Waals surface area contributed by atoms with Gasteiger partial charge in [0.1, 0.15) is 11.4 Å². The summed E-state index contributed by atoms with van der Waals surface area (Å²) in [6.07, 6.45) is 5.49. The maximum Gasteiger partial charge on any atom is 0.331 e. The van der Waals surface area contributed by atoms with Crippen LogP contribution < -0.4 is 5.32 Å². The predicted octanol–water partition coefficient (Wildman–Crippen LogP) is 2.62. The molecule has 0 saturated heterocycles. The first-order valence-electron chi connectivity index (χ1n) is 8.27. The summed E-state index contributed by atoms with van der Waals surface area (Å²) in [5, 5.41) is 7.05. The van der Waals surface area contributed by atoms with Gasteiger partial charge in [0.15, 0.2) is 5.69 Å². The number of benzene rings is 1. The molecule has 1 aliphatic carbocycles. The minimum absolute atomic E-state index is 0.193. The SMILES string of the molecule is COC(=O)C1(NC(=O)c2ccn(-c3ccc(F)cc3)n2)CCCCC1. The molecule has 132 valence electrons. The molecule has 0 atom stereocenters. The minimum atomic E-state index is -0.982. The predicted molar refractivity (Wildman–Crippen MR) is 88.8 cm³/mol. The maximum absolute atomic E-state index is 13.0. The molecule has 6 nitrogen and oxygen atoms in total. The molecule has 1 amide bonds. The number of carbonyl (C=O) groups excluding carboxylic acids is 2. The monoisotopic (exact) mass is 345 g/mol. The molecular formula is C18H20FN3O3. The Hall–Kier alpha value is -2.70. The molecule has 1 heterocycles. The summed E-state index contributed by atoms with van der Waals surface area (Å²) in [4.78, 5) is 24.8. The van der Waals surface area contributed by atoms with E-state index in [2.05, 4.69) is 10.4 Å². The molecule has 0 aliphatic heterocycles. The highest BCUT2D eigenvalue weighted by molar-refractivity contribution is 5.96. The second-order valence-corrected chi connectivity index (χ2v) is 6.21. The Bertz CT molecular complexity index is 764. The third-order valence-electron chi connectivity index (χ3n) is 4.55. The number of hydrogen-bond donors (Lipinski definition) is 1. The highest BCUT2D eigenvalue weighted by Gasteiger charge is 2.42. The minimum Gasteiger partial charge on any atom is -0.467 e. The van der Waals surface area contributed by atoms with Crippen LogP contribution in [0.25, 0.3) is 5.69 Å². The Balaban J connectivity index is 1.78. The first-order valence-corrected chi connectivity index (χ1v) is 8.27. The fourth-order valence-corrected chi connectivity index (χ4v) is 3.19. The molecule has 0 spiro atoms. The number of hydrogen-bond acceptors (Lipinski definition) is 4. The lowest BCUT2D eigenvalue weighted by Crippen LogP contribution is -2.56. The van der Waals surface area contributed by atoms with Crippen molar-refractivity contribution < 1.29 is 18.7 Å². The van der Waals surface area contributed by atoms with Crippen molar-refractivity contribution in [1.29, 1.82) is 0 Å². The second kappa shape index (κ2) is 7.04. The van der Waals surface area contributed by atoms with Crippen molar-refractivity contribution in [3.8, 4) is 5.69 Å². The number of rotatable bonds is 4. The number of amides is 1. The van der Waals surface area contributed by atoms with Crippen molar-refractivity contribution in [2.45, 2.75) is 37.6 Å². The number of aromatic nitrogens is 2. The highest BCUT2D eigenvalue weighted by atomic mass is 19.1. The van der Waals surface area contributed by atoms with Gasteiger partial charge in [-0.15, -0.1) is 0 Å². The zero-order valence-electron chi connectivity index (χ0n) is 14.0. The normalized spacial score (nSPS) is 16.2. The number of nitrogens with one attached hydrogen (secondary N) is 1. The van der Waals surface area contributed by atoms with Gasteiger partial charge in [-0.3, -0.25) is 4.79 Å². The van der Waals surface area contributed by atoms with E-state index in [9.17, 15) is 14.0 Å². The van der Waals surface area contributed by atoms with Gasteiger partial charge in [0, 0.05) is 6.20 Å². The van der Waals surface area contributed by atoms with Crippen LogP contribution in [0, 0.1) is 5.82 Å². The molecule has 3 rings (SSSR count). The Morgan fingerprint density at radius 3 is 2.48 bits per heavy atom. The van der Waals surface area contributed by atoms with Gasteiger partial charge in [0.05, 0.1) is 12.8 Å². The van der Waals surface area contributed by atoms with E-state index in [-0.39, 0.29) is 11.5 Å². The fraction of sp³-hybridized carbons (Fsp3) is 0.389. The average Bonchev–Trinajstić information content (AvgIpc) is 3.12. The number of methoxy groups -OCH3 is 1. The van der Waals surface area contributed by atoms with Crippen LogP contribution in [-0.2, 0) is 9.53 Å². The van der Waals surface area contributed by atoms with Gasteiger partial charge >= 0.3 is 5.97 Å². The molecule has 1 fully saturated rings. The van der Waals surface area contributed by atoms with Gasteiger partial charge < -0.3 is 10.1 Å². The number of carbonyl (C=O) groups is 2. The van der Waals surface area contributed by atoms with Crippen LogP contribution in [-0.4, -0.2) is 34.3 Å². The maximum atomic E-state index is 13.0. The van der Waals surface area contributed by atoms with Crippen molar-refractivity contribution >= 4 is 11.9 Å². The summed E-state index contributed by atoms with van der Waals surface area (Å²) >= 11 is 0. The van der Waals surface area contributed by atoms with E-state index in [1.807, 2.05) is 0 Å². The molecule has 1 N–H and O–H groups in total. The number of nitrogens with zero attached hydrogens (tertiary/aromatic N) is 2. The summed E-state index contributed by atoms with van der Waals surface area (Å²) in [6, 6.07) is 7.35. The smallest absolute Gasteiger partial charge is 0.331 e. The standard InChI is InChI=1S/C18H20FN3O3/c1-25-17(24)18(10-3-2-4-11-18)20-16(23)15-9-12-22(21-15)14-7-5-13(19)6-8-14/h5-9,12H,2-4,10-11H2,1H3,(H,20,23). The quantitative estimate of drug-likeness (QED) is 0.865. The van der Waals surface area contributed by atoms with E-state index >= 15 is 0 Å². The van der Waals surface area contributed by atoms with E-state index in [0.717, 1.165) is 19.3 Å². The number of ether oxygens (including phenoxy) is 1. The van der Waals surface area contributed by atoms with Crippen LogP contribution in [0.3, 0.4) is 0 Å². The van der Waals surface area contributed by atoms with Crippen molar-refractivity contribution in [3.05, 3.63) is 48.0 Å². The summed E-state index contributed by atoms with van der Waals surface area (Å²) in [5.74, 6) is -1.18. The fourth-order valence-electron chi connectivity index (χ4n) is 3.19. The second-order valence-electron chi connectivity index (χ2n) is 6.21. The topological polar surface area (TPSA) is 73.2 Å². The van der Waals surface area contributed by atoms with Crippen molar-refractivity contribution in [3.63, 3.8) is 0 Å². The Labute approximate surface area is 145 Å². The van der Waals surface area contributed by atoms with Gasteiger partial charge in [-0.25, -0.2) is 13.9 Å².